The molecule has 154 valence electrons. The molecule has 0 unspecified atom stereocenters. The standard InChI is InChI=1S/C28H42/c1-7-19-27(20-8-2,21-9-3)25-17-15-13-14-16-18-26-28(22-10-4,23-11-5)24-12-6/h7-12,15-18H,1-6,13-14,19-26H2. The van der Waals surface area contributed by atoms with Gasteiger partial charge in [0, 0.05) is 0 Å². The number of hydrogen-bond donors (Lipinski definition) is 0. The van der Waals surface area contributed by atoms with Gasteiger partial charge in [0.25, 0.3) is 0 Å². The summed E-state index contributed by atoms with van der Waals surface area (Å²) >= 11 is 0. The minimum absolute atomic E-state index is 0.192. The maximum Gasteiger partial charge on any atom is -0.0160 e. The average molecular weight is 379 g/mol. The first-order valence-corrected chi connectivity index (χ1v) is 10.5. The lowest BCUT2D eigenvalue weighted by molar-refractivity contribution is 0.301. The predicted octanol–water partition coefficient (Wildman–Crippen LogP) is 9.09. The van der Waals surface area contributed by atoms with Gasteiger partial charge in [-0.05, 0) is 75.0 Å². The summed E-state index contributed by atoms with van der Waals surface area (Å²) in [6, 6.07) is 0. The van der Waals surface area contributed by atoms with Gasteiger partial charge in [-0.3, -0.25) is 0 Å². The van der Waals surface area contributed by atoms with E-state index >= 15 is 0 Å². The fourth-order valence-corrected chi connectivity index (χ4v) is 3.93. The van der Waals surface area contributed by atoms with Crippen LogP contribution in [0, 0.1) is 10.8 Å². The lowest BCUT2D eigenvalue weighted by Crippen LogP contribution is -2.17. The van der Waals surface area contributed by atoms with Crippen molar-refractivity contribution in [2.45, 2.75) is 64.2 Å². The van der Waals surface area contributed by atoms with Crippen molar-refractivity contribution in [3.8, 4) is 0 Å². The van der Waals surface area contributed by atoms with E-state index in [9.17, 15) is 0 Å². The molecule has 0 aliphatic carbocycles. The normalized spacial score (nSPS) is 12.1. The smallest absolute Gasteiger partial charge is 0.0160 e. The van der Waals surface area contributed by atoms with Crippen molar-refractivity contribution in [3.63, 3.8) is 0 Å². The minimum Gasteiger partial charge on any atom is -0.103 e. The molecule has 0 aromatic carbocycles. The van der Waals surface area contributed by atoms with E-state index in [0.717, 1.165) is 64.2 Å². The van der Waals surface area contributed by atoms with Crippen molar-refractivity contribution in [2.75, 3.05) is 0 Å². The predicted molar refractivity (Wildman–Crippen MR) is 130 cm³/mol. The third-order valence-electron chi connectivity index (χ3n) is 5.40. The zero-order chi connectivity index (χ0) is 21.1. The Morgan fingerprint density at radius 3 is 0.821 bits per heavy atom. The quantitative estimate of drug-likeness (QED) is 0.155. The summed E-state index contributed by atoms with van der Waals surface area (Å²) < 4.78 is 0. The largest absolute Gasteiger partial charge is 0.103 e. The maximum atomic E-state index is 3.93. The highest BCUT2D eigenvalue weighted by molar-refractivity contribution is 5.02. The van der Waals surface area contributed by atoms with E-state index in [1.165, 1.54) is 0 Å². The fraction of sp³-hybridized carbons (Fsp3) is 0.429. The van der Waals surface area contributed by atoms with Crippen molar-refractivity contribution in [3.05, 3.63) is 100 Å². The average Bonchev–Trinajstić information content (AvgIpc) is 2.65. The molecule has 0 nitrogen and oxygen atoms in total. The Bertz CT molecular complexity index is 437. The molecule has 0 amide bonds. The Labute approximate surface area is 175 Å². The molecule has 0 aliphatic rings. The molecule has 0 rings (SSSR count). The van der Waals surface area contributed by atoms with Crippen molar-refractivity contribution in [1.29, 1.82) is 0 Å². The molecule has 0 aromatic heterocycles. The molecule has 0 heteroatoms. The molecule has 0 heterocycles. The first-order valence-electron chi connectivity index (χ1n) is 10.5. The van der Waals surface area contributed by atoms with E-state index in [1.54, 1.807) is 0 Å². The van der Waals surface area contributed by atoms with Crippen LogP contribution in [-0.2, 0) is 0 Å². The van der Waals surface area contributed by atoms with Gasteiger partial charge in [-0.25, -0.2) is 0 Å². The highest BCUT2D eigenvalue weighted by Gasteiger charge is 2.25. The van der Waals surface area contributed by atoms with Crippen molar-refractivity contribution in [2.24, 2.45) is 10.8 Å². The summed E-state index contributed by atoms with van der Waals surface area (Å²) in [6.45, 7) is 23.6. The molecule has 0 bridgehead atoms. The van der Waals surface area contributed by atoms with Gasteiger partial charge < -0.3 is 0 Å². The van der Waals surface area contributed by atoms with Crippen LogP contribution in [0.25, 0.3) is 0 Å². The summed E-state index contributed by atoms with van der Waals surface area (Å²) in [4.78, 5) is 0. The number of unbranched alkanes of at least 4 members (excludes halogenated alkanes) is 1. The lowest BCUT2D eigenvalue weighted by Gasteiger charge is -2.30. The molecule has 0 saturated carbocycles. The second-order valence-electron chi connectivity index (χ2n) is 7.89. The summed E-state index contributed by atoms with van der Waals surface area (Å²) in [5, 5.41) is 0. The van der Waals surface area contributed by atoms with Gasteiger partial charge >= 0.3 is 0 Å². The van der Waals surface area contributed by atoms with Gasteiger partial charge in [0.2, 0.25) is 0 Å². The van der Waals surface area contributed by atoms with E-state index in [4.69, 9.17) is 0 Å². The first kappa shape index (κ1) is 25.9. The van der Waals surface area contributed by atoms with E-state index in [1.807, 2.05) is 36.5 Å². The summed E-state index contributed by atoms with van der Waals surface area (Å²) in [6.07, 6.45) is 31.6. The molecule has 0 spiro atoms. The molecule has 0 aromatic rings. The molecule has 0 saturated heterocycles. The third kappa shape index (κ3) is 10.3. The summed E-state index contributed by atoms with van der Waals surface area (Å²) in [5.74, 6) is 0. The molecular formula is C28H42. The zero-order valence-corrected chi connectivity index (χ0v) is 18.1. The number of rotatable bonds is 19. The van der Waals surface area contributed by atoms with Gasteiger partial charge in [0.1, 0.15) is 0 Å². The van der Waals surface area contributed by atoms with Crippen LogP contribution in [0.3, 0.4) is 0 Å². The first-order chi connectivity index (χ1) is 13.6. The number of hydrogen-bond acceptors (Lipinski definition) is 0. The van der Waals surface area contributed by atoms with Gasteiger partial charge in [-0.2, -0.15) is 0 Å². The lowest BCUT2D eigenvalue weighted by atomic mass is 9.75. The molecule has 0 N–H and O–H groups in total. The SMILES string of the molecule is C=CCC(CC=C)(CC=C)CC=CCCC=CCC(CC=C)(CC=C)CC=C. The van der Waals surface area contributed by atoms with Crippen LogP contribution in [-0.4, -0.2) is 0 Å². The molecule has 0 radical (unpaired) electrons. The Morgan fingerprint density at radius 2 is 0.607 bits per heavy atom. The second kappa shape index (κ2) is 15.9. The van der Waals surface area contributed by atoms with Gasteiger partial charge in [0.15, 0.2) is 0 Å². The summed E-state index contributed by atoms with van der Waals surface area (Å²) in [7, 11) is 0. The molecule has 0 aliphatic heterocycles. The van der Waals surface area contributed by atoms with Crippen LogP contribution in [0.1, 0.15) is 64.2 Å². The van der Waals surface area contributed by atoms with E-state index in [0.29, 0.717) is 0 Å². The maximum absolute atomic E-state index is 3.93. The van der Waals surface area contributed by atoms with Crippen LogP contribution in [0.5, 0.6) is 0 Å². The topological polar surface area (TPSA) is 0 Å². The van der Waals surface area contributed by atoms with Gasteiger partial charge in [-0.15, -0.1) is 39.5 Å². The molecular weight excluding hydrogens is 336 g/mol. The van der Waals surface area contributed by atoms with Crippen molar-refractivity contribution >= 4 is 0 Å². The van der Waals surface area contributed by atoms with Crippen LogP contribution >= 0.6 is 0 Å². The van der Waals surface area contributed by atoms with Crippen molar-refractivity contribution in [1.82, 2.24) is 0 Å². The number of allylic oxidation sites excluding steroid dienone is 10. The van der Waals surface area contributed by atoms with Crippen LogP contribution in [0.4, 0.5) is 0 Å². The van der Waals surface area contributed by atoms with Crippen LogP contribution in [0.15, 0.2) is 100 Å². The van der Waals surface area contributed by atoms with E-state index in [2.05, 4.69) is 63.8 Å². The van der Waals surface area contributed by atoms with Crippen LogP contribution in [0.2, 0.25) is 0 Å². The minimum atomic E-state index is 0.192. The van der Waals surface area contributed by atoms with Crippen LogP contribution < -0.4 is 0 Å². The summed E-state index contributed by atoms with van der Waals surface area (Å²) in [5.41, 5.74) is 0.383. The highest BCUT2D eigenvalue weighted by atomic mass is 14.3. The Balaban J connectivity index is 4.60. The Kier molecular flexibility index (Phi) is 14.7. The monoisotopic (exact) mass is 378 g/mol. The van der Waals surface area contributed by atoms with E-state index < -0.39 is 0 Å². The van der Waals surface area contributed by atoms with Gasteiger partial charge in [-0.1, -0.05) is 60.8 Å². The molecule has 0 atom stereocenters. The third-order valence-corrected chi connectivity index (χ3v) is 5.40. The highest BCUT2D eigenvalue weighted by Crippen LogP contribution is 2.37. The molecule has 0 fully saturated rings. The van der Waals surface area contributed by atoms with E-state index in [-0.39, 0.29) is 10.8 Å². The second-order valence-corrected chi connectivity index (χ2v) is 7.89. The fourth-order valence-electron chi connectivity index (χ4n) is 3.93. The Morgan fingerprint density at radius 1 is 0.357 bits per heavy atom. The van der Waals surface area contributed by atoms with Crippen molar-refractivity contribution < 1.29 is 0 Å². The molecule has 28 heavy (non-hydrogen) atoms. The Hall–Kier alpha value is -2.08. The zero-order valence-electron chi connectivity index (χ0n) is 18.1. The van der Waals surface area contributed by atoms with Gasteiger partial charge in [0.05, 0.1) is 0 Å².